The maximum atomic E-state index is 12.4. The summed E-state index contributed by atoms with van der Waals surface area (Å²) < 4.78 is 11.4. The fourth-order valence-electron chi connectivity index (χ4n) is 2.98. The summed E-state index contributed by atoms with van der Waals surface area (Å²) in [4.78, 5) is 12.4. The van der Waals surface area contributed by atoms with Crippen LogP contribution >= 0.6 is 0 Å². The Hall–Kier alpha value is -3.47. The lowest BCUT2D eigenvalue weighted by atomic mass is 10.1. The number of aryl methyl sites for hydroxylation is 2. The Morgan fingerprint density at radius 1 is 0.793 bits per heavy atom. The lowest BCUT2D eigenvalue weighted by Crippen LogP contribution is -2.23. The van der Waals surface area contributed by atoms with Crippen LogP contribution in [0.5, 0.6) is 11.5 Å². The van der Waals surface area contributed by atoms with E-state index in [1.807, 2.05) is 86.6 Å². The van der Waals surface area contributed by atoms with Crippen LogP contribution in [-0.4, -0.2) is 25.7 Å². The molecule has 150 valence electrons. The first-order chi connectivity index (χ1) is 14.1. The monoisotopic (exact) mass is 390 g/mol. The minimum Gasteiger partial charge on any atom is -0.490 e. The second kappa shape index (κ2) is 10.2. The lowest BCUT2D eigenvalue weighted by molar-refractivity contribution is -0.114. The van der Waals surface area contributed by atoms with Gasteiger partial charge in [0, 0.05) is 5.69 Å². The van der Waals surface area contributed by atoms with Gasteiger partial charge in [0.25, 0.3) is 0 Å². The molecule has 29 heavy (non-hydrogen) atoms. The summed E-state index contributed by atoms with van der Waals surface area (Å²) >= 11 is 0. The number of benzene rings is 3. The molecule has 0 fully saturated rings. The Morgan fingerprint density at radius 2 is 1.45 bits per heavy atom. The number of anilines is 2. The van der Waals surface area contributed by atoms with Gasteiger partial charge in [-0.15, -0.1) is 0 Å². The van der Waals surface area contributed by atoms with Gasteiger partial charge in [0.1, 0.15) is 24.7 Å². The molecule has 0 heterocycles. The molecule has 0 spiro atoms. The number of nitrogens with one attached hydrogen (secondary N) is 2. The second-order valence-corrected chi connectivity index (χ2v) is 6.67. The van der Waals surface area contributed by atoms with E-state index in [0.717, 1.165) is 22.6 Å². The van der Waals surface area contributed by atoms with Crippen molar-refractivity contribution in [3.63, 3.8) is 0 Å². The number of rotatable bonds is 9. The molecule has 1 amide bonds. The zero-order chi connectivity index (χ0) is 20.5. The van der Waals surface area contributed by atoms with E-state index in [9.17, 15) is 4.79 Å². The molecule has 0 bridgehead atoms. The van der Waals surface area contributed by atoms with E-state index >= 15 is 0 Å². The van der Waals surface area contributed by atoms with Crippen LogP contribution in [0.1, 0.15) is 11.1 Å². The Kier molecular flexibility index (Phi) is 7.11. The van der Waals surface area contributed by atoms with Crippen molar-refractivity contribution in [3.8, 4) is 11.5 Å². The number of ether oxygens (including phenoxy) is 2. The van der Waals surface area contributed by atoms with Gasteiger partial charge in [0.2, 0.25) is 5.91 Å². The third-order valence-electron chi connectivity index (χ3n) is 4.42. The summed E-state index contributed by atoms with van der Waals surface area (Å²) in [5.74, 6) is 1.28. The second-order valence-electron chi connectivity index (χ2n) is 6.67. The number of amides is 1. The Morgan fingerprint density at radius 3 is 2.21 bits per heavy atom. The molecule has 0 aliphatic carbocycles. The van der Waals surface area contributed by atoms with Crippen LogP contribution in [0.2, 0.25) is 0 Å². The highest BCUT2D eigenvalue weighted by atomic mass is 16.5. The molecule has 3 aromatic carbocycles. The van der Waals surface area contributed by atoms with Crippen LogP contribution in [0.15, 0.2) is 72.8 Å². The van der Waals surface area contributed by atoms with Gasteiger partial charge in [-0.1, -0.05) is 48.5 Å². The third kappa shape index (κ3) is 6.01. The quantitative estimate of drug-likeness (QED) is 0.515. The van der Waals surface area contributed by atoms with Crippen LogP contribution in [0.25, 0.3) is 0 Å². The first-order valence-electron chi connectivity index (χ1n) is 9.63. The van der Waals surface area contributed by atoms with E-state index in [1.165, 1.54) is 0 Å². The van der Waals surface area contributed by atoms with Crippen molar-refractivity contribution in [3.05, 3.63) is 83.9 Å². The summed E-state index contributed by atoms with van der Waals surface area (Å²) in [5.41, 5.74) is 3.85. The third-order valence-corrected chi connectivity index (χ3v) is 4.42. The van der Waals surface area contributed by atoms with Gasteiger partial charge in [-0.3, -0.25) is 4.79 Å². The molecule has 2 N–H and O–H groups in total. The molecule has 0 atom stereocenters. The van der Waals surface area contributed by atoms with E-state index in [0.29, 0.717) is 24.7 Å². The van der Waals surface area contributed by atoms with Crippen molar-refractivity contribution < 1.29 is 14.3 Å². The van der Waals surface area contributed by atoms with Crippen LogP contribution in [0, 0.1) is 13.8 Å². The maximum Gasteiger partial charge on any atom is 0.243 e. The highest BCUT2D eigenvalue weighted by molar-refractivity contribution is 5.95. The average molecular weight is 390 g/mol. The molecule has 5 nitrogen and oxygen atoms in total. The smallest absolute Gasteiger partial charge is 0.243 e. The van der Waals surface area contributed by atoms with Crippen molar-refractivity contribution in [1.82, 2.24) is 0 Å². The summed E-state index contributed by atoms with van der Waals surface area (Å²) in [6, 6.07) is 23.0. The van der Waals surface area contributed by atoms with Gasteiger partial charge in [-0.25, -0.2) is 0 Å². The zero-order valence-electron chi connectivity index (χ0n) is 16.8. The van der Waals surface area contributed by atoms with E-state index in [-0.39, 0.29) is 12.5 Å². The van der Waals surface area contributed by atoms with Crippen molar-refractivity contribution in [2.24, 2.45) is 0 Å². The van der Waals surface area contributed by atoms with Gasteiger partial charge in [0.05, 0.1) is 12.2 Å². The Labute approximate surface area is 171 Å². The topological polar surface area (TPSA) is 59.6 Å². The van der Waals surface area contributed by atoms with Gasteiger partial charge in [-0.05, 0) is 49.2 Å². The van der Waals surface area contributed by atoms with Crippen LogP contribution in [0.3, 0.4) is 0 Å². The minimum atomic E-state index is -0.135. The SMILES string of the molecule is Cc1cccc(C)c1NCC(=O)Nc1ccccc1OCCOc1ccccc1. The van der Waals surface area contributed by atoms with Gasteiger partial charge < -0.3 is 20.1 Å². The number of hydrogen-bond acceptors (Lipinski definition) is 4. The molecule has 0 aliphatic heterocycles. The van der Waals surface area contributed by atoms with E-state index in [1.54, 1.807) is 0 Å². The highest BCUT2D eigenvalue weighted by Crippen LogP contribution is 2.24. The molecular formula is C24H26N2O3. The minimum absolute atomic E-state index is 0.135. The largest absolute Gasteiger partial charge is 0.490 e. The molecule has 5 heteroatoms. The molecular weight excluding hydrogens is 364 g/mol. The molecule has 0 aromatic heterocycles. The van der Waals surface area contributed by atoms with Crippen molar-refractivity contribution in [2.45, 2.75) is 13.8 Å². The van der Waals surface area contributed by atoms with Crippen LogP contribution in [-0.2, 0) is 4.79 Å². The maximum absolute atomic E-state index is 12.4. The molecule has 0 radical (unpaired) electrons. The highest BCUT2D eigenvalue weighted by Gasteiger charge is 2.09. The molecule has 0 saturated carbocycles. The van der Waals surface area contributed by atoms with Crippen molar-refractivity contribution in [1.29, 1.82) is 0 Å². The molecule has 0 saturated heterocycles. The first kappa shape index (κ1) is 20.3. The van der Waals surface area contributed by atoms with Crippen molar-refractivity contribution in [2.75, 3.05) is 30.4 Å². The zero-order valence-corrected chi connectivity index (χ0v) is 16.8. The molecule has 0 unspecified atom stereocenters. The summed E-state index contributed by atoms with van der Waals surface area (Å²) in [6.45, 7) is 5.02. The fraction of sp³-hybridized carbons (Fsp3) is 0.208. The van der Waals surface area contributed by atoms with Gasteiger partial charge in [0.15, 0.2) is 0 Å². The van der Waals surface area contributed by atoms with E-state index in [4.69, 9.17) is 9.47 Å². The number of para-hydroxylation sites is 4. The Balaban J connectivity index is 1.51. The lowest BCUT2D eigenvalue weighted by Gasteiger charge is -2.15. The molecule has 0 aliphatic rings. The summed E-state index contributed by atoms with van der Waals surface area (Å²) in [5, 5.41) is 6.13. The predicted molar refractivity (Wildman–Crippen MR) is 117 cm³/mol. The molecule has 3 aromatic rings. The fourth-order valence-corrected chi connectivity index (χ4v) is 2.98. The van der Waals surface area contributed by atoms with Gasteiger partial charge >= 0.3 is 0 Å². The summed E-state index contributed by atoms with van der Waals surface area (Å²) in [6.07, 6.45) is 0. The standard InChI is InChI=1S/C24H26N2O3/c1-18-9-8-10-19(2)24(18)25-17-23(27)26-21-13-6-7-14-22(21)29-16-15-28-20-11-4-3-5-12-20/h3-14,25H,15-17H2,1-2H3,(H,26,27). The van der Waals surface area contributed by atoms with Crippen LogP contribution in [0.4, 0.5) is 11.4 Å². The first-order valence-corrected chi connectivity index (χ1v) is 9.63. The predicted octanol–water partition coefficient (Wildman–Crippen LogP) is 4.81. The number of carbonyl (C=O) groups is 1. The van der Waals surface area contributed by atoms with Gasteiger partial charge in [-0.2, -0.15) is 0 Å². The van der Waals surface area contributed by atoms with E-state index in [2.05, 4.69) is 10.6 Å². The number of carbonyl (C=O) groups excluding carboxylic acids is 1. The normalized spacial score (nSPS) is 10.3. The Bertz CT molecular complexity index is 922. The van der Waals surface area contributed by atoms with Crippen molar-refractivity contribution >= 4 is 17.3 Å². The van der Waals surface area contributed by atoms with Crippen LogP contribution < -0.4 is 20.1 Å². The van der Waals surface area contributed by atoms with E-state index < -0.39 is 0 Å². The summed E-state index contributed by atoms with van der Waals surface area (Å²) in [7, 11) is 0. The number of hydrogen-bond donors (Lipinski definition) is 2. The average Bonchev–Trinajstić information content (AvgIpc) is 2.73. The molecule has 3 rings (SSSR count).